The first-order valence-corrected chi connectivity index (χ1v) is 22.8. The standard InChI is InChI=1S/C42H44N12O8S2.2K/c1-27-7-3-5-9-33(27)45-39-47-37(49-41(51-39)53-17-21-61-22-18-53)43-31-15-13-29(35(25-31)63(55,56)57)11-12-30-14-16-32(26-36(30)64(58,59)60)44-38-48-40(46-34-10-6-4-8-28(34)2)52-42(50-38)54-19-23-62-24-20-54;;/h3-16,25-26H,17-24H2,1-2H3,(H,55,56,57)(H,58,59,60)(H2,43,45,47,49,51)(H2,44,46,48,50,52);;/q;2*+1/p-2. The number of benzene rings is 4. The van der Waals surface area contributed by atoms with Crippen LogP contribution in [0.2, 0.25) is 0 Å². The Labute approximate surface area is 467 Å². The zero-order valence-electron chi connectivity index (χ0n) is 36.6. The van der Waals surface area contributed by atoms with Crippen molar-refractivity contribution in [2.75, 3.05) is 83.7 Å². The molecule has 8 rings (SSSR count). The summed E-state index contributed by atoms with van der Waals surface area (Å²) in [5.74, 6) is 1.28. The molecule has 2 aliphatic heterocycles. The Morgan fingerprint density at radius 3 is 1.21 bits per heavy atom. The molecule has 0 spiro atoms. The van der Waals surface area contributed by atoms with Gasteiger partial charge in [0.15, 0.2) is 0 Å². The summed E-state index contributed by atoms with van der Waals surface area (Å²) >= 11 is 0. The number of para-hydroxylation sites is 2. The number of nitrogens with zero attached hydrogens (tertiary/aromatic N) is 8. The number of ether oxygens (including phenoxy) is 2. The van der Waals surface area contributed by atoms with Crippen LogP contribution in [0.15, 0.2) is 94.7 Å². The summed E-state index contributed by atoms with van der Waals surface area (Å²) in [6.45, 7) is 7.89. The second kappa shape index (κ2) is 23.2. The van der Waals surface area contributed by atoms with Gasteiger partial charge in [0.25, 0.3) is 0 Å². The topological polar surface area (TPSA) is 265 Å². The quantitative estimate of drug-likeness (QED) is 0.0598. The van der Waals surface area contributed by atoms with Crippen molar-refractivity contribution in [1.29, 1.82) is 0 Å². The van der Waals surface area contributed by atoms with Gasteiger partial charge >= 0.3 is 103 Å². The second-order valence-electron chi connectivity index (χ2n) is 14.6. The number of nitrogens with one attached hydrogen (secondary N) is 4. The SMILES string of the molecule is Cc1ccccc1Nc1nc(Nc2ccc(C=Cc3ccc(Nc4nc(Nc5ccccc5C)nc(N5CCOCC5)n4)cc3S(=O)(=O)[O-])c(S(=O)(=O)[O-])c2)nc(N2CCOCC2)n1.[K+].[K+]. The molecule has 2 aromatic heterocycles. The number of aromatic nitrogens is 6. The molecular weight excluding hydrogens is 943 g/mol. The van der Waals surface area contributed by atoms with Crippen molar-refractivity contribution in [3.63, 3.8) is 0 Å². The maximum atomic E-state index is 12.7. The molecule has 24 heteroatoms. The summed E-state index contributed by atoms with van der Waals surface area (Å²) in [6.07, 6.45) is 2.47. The average molecular weight is 985 g/mol. The van der Waals surface area contributed by atoms with Crippen molar-refractivity contribution in [2.24, 2.45) is 0 Å². The molecule has 6 aromatic rings. The van der Waals surface area contributed by atoms with Crippen LogP contribution in [-0.2, 0) is 29.7 Å². The van der Waals surface area contributed by atoms with E-state index in [9.17, 15) is 25.9 Å². The minimum absolute atomic E-state index is 0. The van der Waals surface area contributed by atoms with E-state index in [1.165, 1.54) is 36.4 Å². The van der Waals surface area contributed by atoms with Gasteiger partial charge in [-0.05, 0) is 72.5 Å². The molecule has 0 saturated carbocycles. The van der Waals surface area contributed by atoms with Crippen LogP contribution >= 0.6 is 0 Å². The molecule has 20 nitrogen and oxygen atoms in total. The van der Waals surface area contributed by atoms with E-state index >= 15 is 0 Å². The molecule has 4 heterocycles. The third kappa shape index (κ3) is 13.6. The van der Waals surface area contributed by atoms with Crippen LogP contribution in [0, 0.1) is 13.8 Å². The fourth-order valence-corrected chi connectivity index (χ4v) is 8.19. The van der Waals surface area contributed by atoms with E-state index in [0.717, 1.165) is 34.6 Å². The van der Waals surface area contributed by atoms with Crippen molar-refractivity contribution in [3.8, 4) is 0 Å². The van der Waals surface area contributed by atoms with E-state index in [0.29, 0.717) is 64.5 Å². The summed E-state index contributed by atoms with van der Waals surface area (Å²) in [6, 6.07) is 23.1. The number of anilines is 10. The Morgan fingerprint density at radius 1 is 0.515 bits per heavy atom. The Morgan fingerprint density at radius 2 is 0.864 bits per heavy atom. The molecule has 4 aromatic carbocycles. The maximum Gasteiger partial charge on any atom is 1.00 e. The van der Waals surface area contributed by atoms with Crippen molar-refractivity contribution in [3.05, 3.63) is 107 Å². The van der Waals surface area contributed by atoms with Crippen molar-refractivity contribution in [2.45, 2.75) is 23.6 Å². The molecule has 2 aliphatic rings. The Kier molecular flexibility index (Phi) is 18.2. The molecule has 0 unspecified atom stereocenters. The van der Waals surface area contributed by atoms with Crippen molar-refractivity contribution in [1.82, 2.24) is 29.9 Å². The number of hydrogen-bond donors (Lipinski definition) is 4. The first-order chi connectivity index (χ1) is 30.7. The van der Waals surface area contributed by atoms with E-state index in [-0.39, 0.29) is 149 Å². The first-order valence-electron chi connectivity index (χ1n) is 20.0. The molecule has 2 fully saturated rings. The van der Waals surface area contributed by atoms with Crippen LogP contribution < -0.4 is 134 Å². The third-order valence-corrected chi connectivity index (χ3v) is 11.9. The normalized spacial score (nSPS) is 14.2. The predicted molar refractivity (Wildman–Crippen MR) is 239 cm³/mol. The van der Waals surface area contributed by atoms with Gasteiger partial charge in [-0.3, -0.25) is 0 Å². The van der Waals surface area contributed by atoms with Gasteiger partial charge in [-0.2, -0.15) is 29.9 Å². The van der Waals surface area contributed by atoms with Gasteiger partial charge < -0.3 is 49.6 Å². The second-order valence-corrected chi connectivity index (χ2v) is 17.3. The van der Waals surface area contributed by atoms with Crippen molar-refractivity contribution >= 4 is 90.8 Å². The maximum absolute atomic E-state index is 12.7. The minimum atomic E-state index is -5.10. The smallest absolute Gasteiger partial charge is 0.744 e. The monoisotopic (exact) mass is 984 g/mol. The molecule has 0 aliphatic carbocycles. The van der Waals surface area contributed by atoms with Crippen LogP contribution in [-0.4, -0.2) is 108 Å². The summed E-state index contributed by atoms with van der Waals surface area (Å²) in [7, 11) is -10.2. The predicted octanol–water partition coefficient (Wildman–Crippen LogP) is -0.692. The first kappa shape index (κ1) is 51.8. The number of rotatable bonds is 14. The van der Waals surface area contributed by atoms with Gasteiger partial charge in [0.05, 0.1) is 36.2 Å². The van der Waals surface area contributed by atoms with Gasteiger partial charge in [0.1, 0.15) is 20.2 Å². The van der Waals surface area contributed by atoms with Crippen LogP contribution in [0.25, 0.3) is 12.2 Å². The molecule has 0 bridgehead atoms. The fraction of sp³-hybridized carbons (Fsp3) is 0.238. The molecule has 66 heavy (non-hydrogen) atoms. The zero-order chi connectivity index (χ0) is 44.8. The Hall–Kier alpha value is -3.55. The number of morpholine rings is 2. The fourth-order valence-electron chi connectivity index (χ4n) is 6.80. The van der Waals surface area contributed by atoms with Crippen LogP contribution in [0.5, 0.6) is 0 Å². The molecule has 0 radical (unpaired) electrons. The molecule has 2 saturated heterocycles. The van der Waals surface area contributed by atoms with E-state index in [1.54, 1.807) is 0 Å². The Balaban J connectivity index is 0.00000360. The summed E-state index contributed by atoms with van der Waals surface area (Å²) < 4.78 is 86.9. The Bertz CT molecular complexity index is 2750. The minimum Gasteiger partial charge on any atom is -0.744 e. The van der Waals surface area contributed by atoms with Crippen LogP contribution in [0.3, 0.4) is 0 Å². The van der Waals surface area contributed by atoms with E-state index in [2.05, 4.69) is 51.2 Å². The molecule has 0 atom stereocenters. The van der Waals surface area contributed by atoms with Gasteiger partial charge in [-0.25, -0.2) is 16.8 Å². The van der Waals surface area contributed by atoms with Crippen molar-refractivity contribution < 1.29 is 138 Å². The number of hydrogen-bond acceptors (Lipinski definition) is 20. The van der Waals surface area contributed by atoms with Gasteiger partial charge in [-0.1, -0.05) is 60.7 Å². The average Bonchev–Trinajstić information content (AvgIpc) is 3.27. The molecule has 332 valence electrons. The van der Waals surface area contributed by atoms with E-state index in [1.807, 2.05) is 72.2 Å². The van der Waals surface area contributed by atoms with E-state index in [4.69, 9.17) is 9.47 Å². The molecule has 0 amide bonds. The van der Waals surface area contributed by atoms with Gasteiger partial charge in [0, 0.05) is 48.9 Å². The van der Waals surface area contributed by atoms with Gasteiger partial charge in [0.2, 0.25) is 35.7 Å². The van der Waals surface area contributed by atoms with E-state index < -0.39 is 30.0 Å². The van der Waals surface area contributed by atoms with Crippen LogP contribution in [0.4, 0.5) is 58.4 Å². The zero-order valence-corrected chi connectivity index (χ0v) is 44.4. The largest absolute Gasteiger partial charge is 1.00 e. The third-order valence-electron chi connectivity index (χ3n) is 10.1. The molecule has 4 N–H and O–H groups in total. The summed E-state index contributed by atoms with van der Waals surface area (Å²) in [5, 5.41) is 12.4. The number of aryl methyl sites for hydroxylation is 2. The van der Waals surface area contributed by atoms with Gasteiger partial charge in [-0.15, -0.1) is 0 Å². The summed E-state index contributed by atoms with van der Waals surface area (Å²) in [4.78, 5) is 30.0. The summed E-state index contributed by atoms with van der Waals surface area (Å²) in [5.41, 5.74) is 3.62. The molecular formula is C42H42K2N12O8S2. The van der Waals surface area contributed by atoms with Crippen LogP contribution in [0.1, 0.15) is 22.3 Å².